The van der Waals surface area contributed by atoms with E-state index in [-0.39, 0.29) is 0 Å². The fourth-order valence-corrected chi connectivity index (χ4v) is 3.04. The Hall–Kier alpha value is -0.0800. The van der Waals surface area contributed by atoms with Gasteiger partial charge in [0.2, 0.25) is 0 Å². The largest absolute Gasteiger partial charge is 0.303 e. The maximum atomic E-state index is 2.68. The van der Waals surface area contributed by atoms with Gasteiger partial charge in [-0.3, -0.25) is 0 Å². The lowest BCUT2D eigenvalue weighted by Gasteiger charge is -2.33. The number of piperidine rings is 1. The average Bonchev–Trinajstić information content (AvgIpc) is 2.74. The maximum Gasteiger partial charge on any atom is 0.00106 e. The van der Waals surface area contributed by atoms with Gasteiger partial charge in [0.1, 0.15) is 0 Å². The summed E-state index contributed by atoms with van der Waals surface area (Å²) < 4.78 is 0. The Balaban J connectivity index is 1.64. The summed E-state index contributed by atoms with van der Waals surface area (Å²) in [5.74, 6) is 0.996. The Kier molecular flexibility index (Phi) is 4.45. The lowest BCUT2D eigenvalue weighted by Crippen LogP contribution is -2.38. The third kappa shape index (κ3) is 3.46. The van der Waals surface area contributed by atoms with Gasteiger partial charge in [-0.05, 0) is 70.7 Å². The first-order chi connectivity index (χ1) is 7.38. The Morgan fingerprint density at radius 3 is 2.20 bits per heavy atom. The Morgan fingerprint density at radius 2 is 1.60 bits per heavy atom. The summed E-state index contributed by atoms with van der Waals surface area (Å²) in [6.45, 7) is 10.4. The van der Waals surface area contributed by atoms with Gasteiger partial charge in [-0.15, -0.1) is 0 Å². The van der Waals surface area contributed by atoms with E-state index in [0.29, 0.717) is 0 Å². The summed E-state index contributed by atoms with van der Waals surface area (Å²) >= 11 is 0. The molecule has 0 saturated carbocycles. The van der Waals surface area contributed by atoms with Gasteiger partial charge in [0.15, 0.2) is 0 Å². The van der Waals surface area contributed by atoms with E-state index in [2.05, 4.69) is 16.7 Å². The minimum Gasteiger partial charge on any atom is -0.303 e. The third-order valence-corrected chi connectivity index (χ3v) is 3.96. The molecule has 2 rings (SSSR count). The molecule has 0 amide bonds. The van der Waals surface area contributed by atoms with Crippen molar-refractivity contribution in [3.05, 3.63) is 0 Å². The highest BCUT2D eigenvalue weighted by Crippen LogP contribution is 2.20. The van der Waals surface area contributed by atoms with Gasteiger partial charge >= 0.3 is 0 Å². The second-order valence-corrected chi connectivity index (χ2v) is 5.29. The molecule has 2 fully saturated rings. The average molecular weight is 210 g/mol. The van der Waals surface area contributed by atoms with Crippen LogP contribution >= 0.6 is 0 Å². The molecule has 2 heteroatoms. The van der Waals surface area contributed by atoms with E-state index in [1.807, 2.05) is 0 Å². The molecular formula is C13H26N2. The normalized spacial score (nSPS) is 26.2. The van der Waals surface area contributed by atoms with Crippen LogP contribution in [0, 0.1) is 5.92 Å². The minimum atomic E-state index is 0.996. The zero-order valence-electron chi connectivity index (χ0n) is 10.2. The van der Waals surface area contributed by atoms with Crippen LogP contribution in [0.1, 0.15) is 39.0 Å². The highest BCUT2D eigenvalue weighted by Gasteiger charge is 2.22. The maximum absolute atomic E-state index is 2.68. The van der Waals surface area contributed by atoms with E-state index in [1.165, 1.54) is 71.4 Å². The van der Waals surface area contributed by atoms with E-state index in [4.69, 9.17) is 0 Å². The fourth-order valence-electron chi connectivity index (χ4n) is 3.04. The van der Waals surface area contributed by atoms with Crippen LogP contribution in [-0.2, 0) is 0 Å². The molecule has 0 aromatic carbocycles. The Bertz CT molecular complexity index is 167. The van der Waals surface area contributed by atoms with Crippen LogP contribution in [0.25, 0.3) is 0 Å². The van der Waals surface area contributed by atoms with Crippen LogP contribution in [0.3, 0.4) is 0 Å². The standard InChI is InChI=1S/C13H26N2/c1-2-7-14-10-5-13(6-11-14)12-15-8-3-4-9-15/h13H,2-12H2,1H3. The van der Waals surface area contributed by atoms with Gasteiger partial charge in [0.05, 0.1) is 0 Å². The SMILES string of the molecule is CCCN1CCC(CN2CCCC2)CC1. The number of hydrogen-bond acceptors (Lipinski definition) is 2. The lowest BCUT2D eigenvalue weighted by atomic mass is 9.96. The van der Waals surface area contributed by atoms with Crippen LogP contribution in [0.2, 0.25) is 0 Å². The topological polar surface area (TPSA) is 6.48 Å². The first-order valence-corrected chi connectivity index (χ1v) is 6.83. The predicted octanol–water partition coefficient (Wildman–Crippen LogP) is 2.20. The van der Waals surface area contributed by atoms with Crippen molar-refractivity contribution >= 4 is 0 Å². The molecule has 0 atom stereocenters. The van der Waals surface area contributed by atoms with Crippen LogP contribution in [-0.4, -0.2) is 49.1 Å². The van der Waals surface area contributed by atoms with Crippen molar-refractivity contribution in [1.29, 1.82) is 0 Å². The van der Waals surface area contributed by atoms with Crippen molar-refractivity contribution in [2.24, 2.45) is 5.92 Å². The molecule has 2 nitrogen and oxygen atoms in total. The van der Waals surface area contributed by atoms with Crippen molar-refractivity contribution in [2.45, 2.75) is 39.0 Å². The van der Waals surface area contributed by atoms with Gasteiger partial charge in [-0.25, -0.2) is 0 Å². The summed E-state index contributed by atoms with van der Waals surface area (Å²) in [5, 5.41) is 0. The zero-order valence-corrected chi connectivity index (χ0v) is 10.2. The van der Waals surface area contributed by atoms with Crippen molar-refractivity contribution in [1.82, 2.24) is 9.80 Å². The van der Waals surface area contributed by atoms with E-state index in [9.17, 15) is 0 Å². The molecule has 0 aliphatic carbocycles. The van der Waals surface area contributed by atoms with Gasteiger partial charge in [0.25, 0.3) is 0 Å². The molecule has 2 saturated heterocycles. The quantitative estimate of drug-likeness (QED) is 0.702. The highest BCUT2D eigenvalue weighted by atomic mass is 15.2. The molecule has 0 spiro atoms. The van der Waals surface area contributed by atoms with Gasteiger partial charge in [-0.2, -0.15) is 0 Å². The molecule has 0 radical (unpaired) electrons. The van der Waals surface area contributed by atoms with Crippen LogP contribution in [0.4, 0.5) is 0 Å². The third-order valence-electron chi connectivity index (χ3n) is 3.96. The van der Waals surface area contributed by atoms with E-state index < -0.39 is 0 Å². The smallest absolute Gasteiger partial charge is 0.00106 e. The summed E-state index contributed by atoms with van der Waals surface area (Å²) in [6, 6.07) is 0. The molecule has 2 aliphatic heterocycles. The number of nitrogens with zero attached hydrogens (tertiary/aromatic N) is 2. The number of likely N-dealkylation sites (tertiary alicyclic amines) is 2. The molecule has 0 bridgehead atoms. The summed E-state index contributed by atoms with van der Waals surface area (Å²) in [5.41, 5.74) is 0. The molecule has 88 valence electrons. The van der Waals surface area contributed by atoms with Crippen molar-refractivity contribution in [3.63, 3.8) is 0 Å². The van der Waals surface area contributed by atoms with Crippen LogP contribution in [0.5, 0.6) is 0 Å². The number of rotatable bonds is 4. The molecule has 0 unspecified atom stereocenters. The second-order valence-electron chi connectivity index (χ2n) is 5.29. The van der Waals surface area contributed by atoms with E-state index in [1.54, 1.807) is 0 Å². The van der Waals surface area contributed by atoms with Gasteiger partial charge in [-0.1, -0.05) is 6.92 Å². The summed E-state index contributed by atoms with van der Waals surface area (Å²) in [4.78, 5) is 5.32. The molecule has 0 aromatic heterocycles. The summed E-state index contributed by atoms with van der Waals surface area (Å²) in [6.07, 6.45) is 7.08. The van der Waals surface area contributed by atoms with Crippen LogP contribution in [0.15, 0.2) is 0 Å². The first kappa shape index (κ1) is 11.4. The van der Waals surface area contributed by atoms with Crippen molar-refractivity contribution < 1.29 is 0 Å². The molecular weight excluding hydrogens is 184 g/mol. The Labute approximate surface area is 94.6 Å². The molecule has 0 aromatic rings. The van der Waals surface area contributed by atoms with Gasteiger partial charge in [0, 0.05) is 6.54 Å². The van der Waals surface area contributed by atoms with Crippen molar-refractivity contribution in [2.75, 3.05) is 39.3 Å². The fraction of sp³-hybridized carbons (Fsp3) is 1.00. The van der Waals surface area contributed by atoms with E-state index >= 15 is 0 Å². The molecule has 0 N–H and O–H groups in total. The Morgan fingerprint density at radius 1 is 0.933 bits per heavy atom. The van der Waals surface area contributed by atoms with E-state index in [0.717, 1.165) is 5.92 Å². The monoisotopic (exact) mass is 210 g/mol. The van der Waals surface area contributed by atoms with Gasteiger partial charge < -0.3 is 9.80 Å². The van der Waals surface area contributed by atoms with Crippen molar-refractivity contribution in [3.8, 4) is 0 Å². The first-order valence-electron chi connectivity index (χ1n) is 6.83. The molecule has 2 heterocycles. The molecule has 2 aliphatic rings. The summed E-state index contributed by atoms with van der Waals surface area (Å²) in [7, 11) is 0. The lowest BCUT2D eigenvalue weighted by molar-refractivity contribution is 0.154. The molecule has 15 heavy (non-hydrogen) atoms. The second kappa shape index (κ2) is 5.86. The van der Waals surface area contributed by atoms with Crippen LogP contribution < -0.4 is 0 Å². The minimum absolute atomic E-state index is 0.996. The highest BCUT2D eigenvalue weighted by molar-refractivity contribution is 4.76. The predicted molar refractivity (Wildman–Crippen MR) is 65.1 cm³/mol. The zero-order chi connectivity index (χ0) is 10.5. The number of hydrogen-bond donors (Lipinski definition) is 0.